The van der Waals surface area contributed by atoms with Gasteiger partial charge in [-0.2, -0.15) is 8.78 Å². The monoisotopic (exact) mass is 372 g/mol. The Hall–Kier alpha value is -4.10. The number of hydrogen-bond donors (Lipinski definition) is 0. The van der Waals surface area contributed by atoms with E-state index in [2.05, 4.69) is 0 Å². The van der Waals surface area contributed by atoms with Crippen molar-refractivity contribution in [2.24, 2.45) is 0 Å². The highest BCUT2D eigenvalue weighted by Gasteiger charge is 2.19. The Morgan fingerprint density at radius 3 is 1.12 bits per heavy atom. The van der Waals surface area contributed by atoms with Crippen molar-refractivity contribution >= 4 is 22.7 Å². The second kappa shape index (κ2) is 8.13. The molecular formula is C12H6F2N4O8. The van der Waals surface area contributed by atoms with Gasteiger partial charge in [0.1, 0.15) is 0 Å². The first-order valence-corrected chi connectivity index (χ1v) is 6.21. The normalized spacial score (nSPS) is 9.62. The van der Waals surface area contributed by atoms with Gasteiger partial charge in [0.25, 0.3) is 11.4 Å². The molecule has 0 fully saturated rings. The van der Waals surface area contributed by atoms with Gasteiger partial charge >= 0.3 is 11.4 Å². The van der Waals surface area contributed by atoms with Gasteiger partial charge in [0.15, 0.2) is 0 Å². The first kappa shape index (κ1) is 19.9. The summed E-state index contributed by atoms with van der Waals surface area (Å²) >= 11 is 0. The summed E-state index contributed by atoms with van der Waals surface area (Å²) < 4.78 is 25.2. The van der Waals surface area contributed by atoms with Crippen LogP contribution in [0.3, 0.4) is 0 Å². The van der Waals surface area contributed by atoms with Crippen LogP contribution in [-0.2, 0) is 0 Å². The molecule has 0 saturated carbocycles. The third-order valence-corrected chi connectivity index (χ3v) is 2.67. The molecule has 0 unspecified atom stereocenters. The van der Waals surface area contributed by atoms with Crippen LogP contribution in [-0.4, -0.2) is 19.7 Å². The molecule has 0 saturated heterocycles. The molecule has 12 nitrogen and oxygen atoms in total. The van der Waals surface area contributed by atoms with E-state index in [0.717, 1.165) is 12.1 Å². The lowest BCUT2D eigenvalue weighted by molar-refractivity contribution is -0.396. The second-order valence-electron chi connectivity index (χ2n) is 4.30. The molecule has 0 aliphatic carbocycles. The Kier molecular flexibility index (Phi) is 6.24. The van der Waals surface area contributed by atoms with Gasteiger partial charge in [-0.3, -0.25) is 40.5 Å². The van der Waals surface area contributed by atoms with Crippen LogP contribution in [0.15, 0.2) is 36.4 Å². The van der Waals surface area contributed by atoms with Crippen LogP contribution in [0.25, 0.3) is 0 Å². The highest BCUT2D eigenvalue weighted by atomic mass is 19.1. The van der Waals surface area contributed by atoms with Gasteiger partial charge in [0, 0.05) is 12.1 Å². The molecule has 0 heterocycles. The van der Waals surface area contributed by atoms with Gasteiger partial charge in [-0.1, -0.05) is 0 Å². The van der Waals surface area contributed by atoms with Crippen molar-refractivity contribution in [3.63, 3.8) is 0 Å². The van der Waals surface area contributed by atoms with Crippen LogP contribution in [0.2, 0.25) is 0 Å². The Labute approximate surface area is 140 Å². The van der Waals surface area contributed by atoms with Crippen molar-refractivity contribution in [2.45, 2.75) is 0 Å². The molecule has 26 heavy (non-hydrogen) atoms. The number of benzene rings is 2. The summed E-state index contributed by atoms with van der Waals surface area (Å²) in [6, 6.07) is 4.27. The van der Waals surface area contributed by atoms with Gasteiger partial charge in [0.2, 0.25) is 11.6 Å². The SMILES string of the molecule is O=[N+]([O-])c1ccc(F)c([N+](=O)[O-])c1.O=[N+]([O-])c1ccc(F)c([N+](=O)[O-])c1. The third kappa shape index (κ3) is 4.95. The molecule has 0 radical (unpaired) electrons. The quantitative estimate of drug-likeness (QED) is 0.580. The first-order chi connectivity index (χ1) is 12.0. The third-order valence-electron chi connectivity index (χ3n) is 2.67. The van der Waals surface area contributed by atoms with Crippen LogP contribution in [0, 0.1) is 52.1 Å². The summed E-state index contributed by atoms with van der Waals surface area (Å²) in [5.74, 6) is -2.17. The lowest BCUT2D eigenvalue weighted by Gasteiger charge is -1.93. The predicted molar refractivity (Wildman–Crippen MR) is 79.4 cm³/mol. The lowest BCUT2D eigenvalue weighted by Crippen LogP contribution is -1.95. The van der Waals surface area contributed by atoms with E-state index in [4.69, 9.17) is 0 Å². The first-order valence-electron chi connectivity index (χ1n) is 6.21. The fraction of sp³-hybridized carbons (Fsp3) is 0. The molecule has 2 rings (SSSR count). The summed E-state index contributed by atoms with van der Waals surface area (Å²) in [7, 11) is 0. The molecule has 0 aliphatic heterocycles. The molecule has 14 heteroatoms. The smallest absolute Gasteiger partial charge is 0.258 e. The molecule has 0 spiro atoms. The van der Waals surface area contributed by atoms with Crippen LogP contribution < -0.4 is 0 Å². The van der Waals surface area contributed by atoms with Gasteiger partial charge in [0.05, 0.1) is 31.8 Å². The molecule has 2 aromatic carbocycles. The van der Waals surface area contributed by atoms with E-state index in [0.29, 0.717) is 24.3 Å². The largest absolute Gasteiger partial charge is 0.311 e. The number of nitrogens with zero attached hydrogens (tertiary/aromatic N) is 4. The summed E-state index contributed by atoms with van der Waals surface area (Å²) in [6.45, 7) is 0. The maximum absolute atomic E-state index is 12.6. The predicted octanol–water partition coefficient (Wildman–Crippen LogP) is 3.28. The Morgan fingerprint density at radius 1 is 0.577 bits per heavy atom. The van der Waals surface area contributed by atoms with Crippen LogP contribution in [0.1, 0.15) is 0 Å². The summed E-state index contributed by atoms with van der Waals surface area (Å²) in [4.78, 5) is 36.9. The fourth-order valence-corrected chi connectivity index (χ4v) is 1.51. The number of non-ortho nitro benzene ring substituents is 2. The highest BCUT2D eigenvalue weighted by Crippen LogP contribution is 2.23. The van der Waals surface area contributed by atoms with Crippen molar-refractivity contribution in [2.75, 3.05) is 0 Å². The highest BCUT2D eigenvalue weighted by molar-refractivity contribution is 5.44. The van der Waals surface area contributed by atoms with Crippen molar-refractivity contribution in [3.05, 3.63) is 88.5 Å². The zero-order valence-electron chi connectivity index (χ0n) is 12.3. The van der Waals surface area contributed by atoms with E-state index in [9.17, 15) is 49.2 Å². The lowest BCUT2D eigenvalue weighted by atomic mass is 10.3. The number of nitro benzene ring substituents is 4. The van der Waals surface area contributed by atoms with Crippen molar-refractivity contribution in [3.8, 4) is 0 Å². The number of rotatable bonds is 4. The fourth-order valence-electron chi connectivity index (χ4n) is 1.51. The summed E-state index contributed by atoms with van der Waals surface area (Å²) in [5, 5.41) is 40.6. The van der Waals surface area contributed by atoms with Gasteiger partial charge in [-0.05, 0) is 12.1 Å². The van der Waals surface area contributed by atoms with Gasteiger partial charge in [-0.15, -0.1) is 0 Å². The summed E-state index contributed by atoms with van der Waals surface area (Å²) in [6.07, 6.45) is 0. The molecule has 2 aromatic rings. The molecular weight excluding hydrogens is 366 g/mol. The van der Waals surface area contributed by atoms with Gasteiger partial charge in [-0.25, -0.2) is 0 Å². The van der Waals surface area contributed by atoms with E-state index in [1.165, 1.54) is 0 Å². The molecule has 0 bridgehead atoms. The molecule has 0 N–H and O–H groups in total. The number of hydrogen-bond acceptors (Lipinski definition) is 8. The maximum atomic E-state index is 12.6. The van der Waals surface area contributed by atoms with E-state index in [1.807, 2.05) is 0 Å². The van der Waals surface area contributed by atoms with Crippen LogP contribution >= 0.6 is 0 Å². The van der Waals surface area contributed by atoms with Crippen LogP contribution in [0.4, 0.5) is 31.5 Å². The topological polar surface area (TPSA) is 173 Å². The average Bonchev–Trinajstić information content (AvgIpc) is 2.55. The number of halogens is 2. The summed E-state index contributed by atoms with van der Waals surface area (Å²) in [5.41, 5.74) is -2.80. The van der Waals surface area contributed by atoms with Gasteiger partial charge < -0.3 is 0 Å². The second-order valence-corrected chi connectivity index (χ2v) is 4.30. The molecule has 136 valence electrons. The standard InChI is InChI=1S/2C6H3FN2O4/c2*7-5-2-1-4(8(10)11)3-6(5)9(12)13/h2*1-3H. The maximum Gasteiger partial charge on any atom is 0.311 e. The van der Waals surface area contributed by atoms with Crippen LogP contribution in [0.5, 0.6) is 0 Å². The minimum absolute atomic E-state index is 0.506. The molecule has 0 atom stereocenters. The number of nitro groups is 4. The Bertz CT molecular complexity index is 831. The van der Waals surface area contributed by atoms with E-state index < -0.39 is 54.1 Å². The molecule has 0 aromatic heterocycles. The molecule has 0 amide bonds. The minimum atomic E-state index is -1.09. The zero-order valence-corrected chi connectivity index (χ0v) is 12.3. The molecule has 0 aliphatic rings. The average molecular weight is 372 g/mol. The van der Waals surface area contributed by atoms with E-state index in [1.54, 1.807) is 0 Å². The zero-order chi connectivity index (χ0) is 20.0. The van der Waals surface area contributed by atoms with Crippen molar-refractivity contribution in [1.29, 1.82) is 0 Å². The van der Waals surface area contributed by atoms with E-state index >= 15 is 0 Å². The Balaban J connectivity index is 0.000000260. The van der Waals surface area contributed by atoms with Crippen molar-refractivity contribution in [1.82, 2.24) is 0 Å². The van der Waals surface area contributed by atoms with E-state index in [-0.39, 0.29) is 0 Å². The Morgan fingerprint density at radius 2 is 0.885 bits per heavy atom. The van der Waals surface area contributed by atoms with Crippen molar-refractivity contribution < 1.29 is 28.5 Å². The minimum Gasteiger partial charge on any atom is -0.258 e.